The van der Waals surface area contributed by atoms with Gasteiger partial charge in [-0.05, 0) is 39.3 Å². The largest absolute Gasteiger partial charge is 0.309 e. The molecule has 1 aliphatic heterocycles. The highest BCUT2D eigenvalue weighted by Gasteiger charge is 2.30. The van der Waals surface area contributed by atoms with Gasteiger partial charge in [0.2, 0.25) is 0 Å². The van der Waals surface area contributed by atoms with Crippen molar-refractivity contribution >= 4 is 10.9 Å². The molecule has 1 aromatic carbocycles. The summed E-state index contributed by atoms with van der Waals surface area (Å²) in [4.78, 5) is 20.2. The lowest BCUT2D eigenvalue weighted by atomic mass is 10.0. The smallest absolute Gasteiger partial charge is 0.261 e. The van der Waals surface area contributed by atoms with Gasteiger partial charge in [-0.25, -0.2) is 9.37 Å². The zero-order chi connectivity index (χ0) is 18.8. The third-order valence-electron chi connectivity index (χ3n) is 5.15. The summed E-state index contributed by atoms with van der Waals surface area (Å²) in [6, 6.07) is 5.07. The first-order chi connectivity index (χ1) is 12.4. The Bertz CT molecular complexity index is 824. The first kappa shape index (κ1) is 19.0. The standard InChI is InChI=1S/C20H29FN4O/c1-5-7-18(24-11-13(3)22-14(4)12-24)19-23-17-10-15(21)8-9-16(17)20(26)25(19)6-2/h8-10,13-14,18,22H,5-7,11-12H2,1-4H3/t13-,14+,18?. The summed E-state index contributed by atoms with van der Waals surface area (Å²) in [5.41, 5.74) is 0.372. The van der Waals surface area contributed by atoms with Crippen LogP contribution in [0.1, 0.15) is 52.4 Å². The first-order valence-corrected chi connectivity index (χ1v) is 9.64. The Hall–Kier alpha value is -1.79. The van der Waals surface area contributed by atoms with Gasteiger partial charge in [0.15, 0.2) is 0 Å². The van der Waals surface area contributed by atoms with E-state index in [9.17, 15) is 9.18 Å². The average Bonchev–Trinajstić information content (AvgIpc) is 2.58. The lowest BCUT2D eigenvalue weighted by molar-refractivity contribution is 0.109. The van der Waals surface area contributed by atoms with Gasteiger partial charge in [-0.1, -0.05) is 13.3 Å². The number of aromatic nitrogens is 2. The number of fused-ring (bicyclic) bond motifs is 1. The number of piperazine rings is 1. The molecule has 6 heteroatoms. The Kier molecular flexibility index (Phi) is 5.73. The molecule has 1 saturated heterocycles. The molecule has 26 heavy (non-hydrogen) atoms. The maximum atomic E-state index is 13.7. The Labute approximate surface area is 154 Å². The van der Waals surface area contributed by atoms with E-state index in [1.54, 1.807) is 10.6 Å². The van der Waals surface area contributed by atoms with Crippen molar-refractivity contribution in [2.24, 2.45) is 0 Å². The molecule has 2 aromatic rings. The van der Waals surface area contributed by atoms with Crippen molar-refractivity contribution < 1.29 is 4.39 Å². The molecule has 0 bridgehead atoms. The molecule has 0 amide bonds. The summed E-state index contributed by atoms with van der Waals surface area (Å²) in [6.07, 6.45) is 1.92. The second-order valence-corrected chi connectivity index (χ2v) is 7.41. The minimum Gasteiger partial charge on any atom is -0.309 e. The summed E-state index contributed by atoms with van der Waals surface area (Å²) in [6.45, 7) is 10.9. The Morgan fingerprint density at radius 1 is 1.27 bits per heavy atom. The molecule has 0 aliphatic carbocycles. The van der Waals surface area contributed by atoms with Gasteiger partial charge >= 0.3 is 0 Å². The Morgan fingerprint density at radius 3 is 2.58 bits per heavy atom. The van der Waals surface area contributed by atoms with E-state index in [-0.39, 0.29) is 17.4 Å². The second-order valence-electron chi connectivity index (χ2n) is 7.41. The minimum atomic E-state index is -0.360. The van der Waals surface area contributed by atoms with Crippen LogP contribution < -0.4 is 10.9 Å². The van der Waals surface area contributed by atoms with Crippen LogP contribution >= 0.6 is 0 Å². The van der Waals surface area contributed by atoms with Gasteiger partial charge in [-0.2, -0.15) is 0 Å². The van der Waals surface area contributed by atoms with Crippen molar-refractivity contribution in [2.45, 2.75) is 65.2 Å². The van der Waals surface area contributed by atoms with E-state index in [4.69, 9.17) is 4.98 Å². The average molecular weight is 360 g/mol. The quantitative estimate of drug-likeness (QED) is 0.890. The molecule has 2 heterocycles. The summed E-state index contributed by atoms with van der Waals surface area (Å²) < 4.78 is 15.5. The third kappa shape index (κ3) is 3.67. The molecule has 0 spiro atoms. The van der Waals surface area contributed by atoms with Crippen molar-refractivity contribution in [3.63, 3.8) is 0 Å². The molecule has 0 saturated carbocycles. The zero-order valence-corrected chi connectivity index (χ0v) is 16.1. The van der Waals surface area contributed by atoms with E-state index in [0.717, 1.165) is 31.8 Å². The normalized spacial score (nSPS) is 22.7. The SMILES string of the molecule is CCCC(c1nc2cc(F)ccc2c(=O)n1CC)N1C[C@@H](C)N[C@@H](C)C1. The molecule has 5 nitrogen and oxygen atoms in total. The predicted molar refractivity (Wildman–Crippen MR) is 103 cm³/mol. The van der Waals surface area contributed by atoms with Crippen LogP contribution in [0.15, 0.2) is 23.0 Å². The van der Waals surface area contributed by atoms with E-state index >= 15 is 0 Å². The van der Waals surface area contributed by atoms with Gasteiger partial charge in [-0.3, -0.25) is 14.3 Å². The maximum absolute atomic E-state index is 13.7. The number of nitrogens with zero attached hydrogens (tertiary/aromatic N) is 3. The van der Waals surface area contributed by atoms with E-state index in [0.29, 0.717) is 29.5 Å². The van der Waals surface area contributed by atoms with E-state index < -0.39 is 0 Å². The zero-order valence-electron chi connectivity index (χ0n) is 16.1. The molecule has 1 fully saturated rings. The van der Waals surface area contributed by atoms with Gasteiger partial charge in [0.05, 0.1) is 16.9 Å². The monoisotopic (exact) mass is 360 g/mol. The molecule has 1 unspecified atom stereocenters. The molecular weight excluding hydrogens is 331 g/mol. The molecule has 1 aromatic heterocycles. The van der Waals surface area contributed by atoms with Crippen molar-refractivity contribution in [1.29, 1.82) is 0 Å². The predicted octanol–water partition coefficient (Wildman–Crippen LogP) is 3.08. The van der Waals surface area contributed by atoms with Crippen LogP contribution in [0.5, 0.6) is 0 Å². The second kappa shape index (κ2) is 7.84. The van der Waals surface area contributed by atoms with Crippen LogP contribution in [0.4, 0.5) is 4.39 Å². The van der Waals surface area contributed by atoms with Crippen LogP contribution in [-0.2, 0) is 6.54 Å². The highest BCUT2D eigenvalue weighted by molar-refractivity contribution is 5.77. The van der Waals surface area contributed by atoms with Gasteiger partial charge in [-0.15, -0.1) is 0 Å². The van der Waals surface area contributed by atoms with Crippen molar-refractivity contribution in [3.05, 3.63) is 40.2 Å². The lowest BCUT2D eigenvalue weighted by Gasteiger charge is -2.41. The third-order valence-corrected chi connectivity index (χ3v) is 5.15. The van der Waals surface area contributed by atoms with E-state index in [1.165, 1.54) is 12.1 Å². The van der Waals surface area contributed by atoms with Gasteiger partial charge in [0.25, 0.3) is 5.56 Å². The number of hydrogen-bond donors (Lipinski definition) is 1. The number of rotatable bonds is 5. The minimum absolute atomic E-state index is 0.0623. The summed E-state index contributed by atoms with van der Waals surface area (Å²) in [5.74, 6) is 0.403. The fourth-order valence-electron chi connectivity index (χ4n) is 4.14. The highest BCUT2D eigenvalue weighted by Crippen LogP contribution is 2.27. The van der Waals surface area contributed by atoms with E-state index in [2.05, 4.69) is 31.0 Å². The number of hydrogen-bond acceptors (Lipinski definition) is 4. The molecule has 1 N–H and O–H groups in total. The molecule has 142 valence electrons. The molecule has 3 atom stereocenters. The van der Waals surface area contributed by atoms with Crippen molar-refractivity contribution in [2.75, 3.05) is 13.1 Å². The van der Waals surface area contributed by atoms with Gasteiger partial charge < -0.3 is 5.32 Å². The lowest BCUT2D eigenvalue weighted by Crippen LogP contribution is -2.55. The molecule has 1 aliphatic rings. The van der Waals surface area contributed by atoms with Crippen LogP contribution in [0.3, 0.4) is 0 Å². The van der Waals surface area contributed by atoms with Crippen LogP contribution in [-0.4, -0.2) is 39.6 Å². The Balaban J connectivity index is 2.13. The topological polar surface area (TPSA) is 50.2 Å². The summed E-state index contributed by atoms with van der Waals surface area (Å²) in [5, 5.41) is 4.04. The fourth-order valence-corrected chi connectivity index (χ4v) is 4.14. The van der Waals surface area contributed by atoms with Crippen LogP contribution in [0, 0.1) is 5.82 Å². The molecule has 3 rings (SSSR count). The summed E-state index contributed by atoms with van der Waals surface area (Å²) in [7, 11) is 0. The van der Waals surface area contributed by atoms with Gasteiger partial charge in [0.1, 0.15) is 11.6 Å². The van der Waals surface area contributed by atoms with Crippen molar-refractivity contribution in [3.8, 4) is 0 Å². The molecular formula is C20H29FN4O. The van der Waals surface area contributed by atoms with Crippen LogP contribution in [0.25, 0.3) is 10.9 Å². The number of benzene rings is 1. The first-order valence-electron chi connectivity index (χ1n) is 9.64. The fraction of sp³-hybridized carbons (Fsp3) is 0.600. The van der Waals surface area contributed by atoms with E-state index in [1.807, 2.05) is 6.92 Å². The number of nitrogens with one attached hydrogen (secondary N) is 1. The van der Waals surface area contributed by atoms with Gasteiger partial charge in [0, 0.05) is 37.8 Å². The van der Waals surface area contributed by atoms with Crippen molar-refractivity contribution in [1.82, 2.24) is 19.8 Å². The number of halogens is 1. The highest BCUT2D eigenvalue weighted by atomic mass is 19.1. The Morgan fingerprint density at radius 2 is 1.96 bits per heavy atom. The maximum Gasteiger partial charge on any atom is 0.261 e. The van der Waals surface area contributed by atoms with Crippen LogP contribution in [0.2, 0.25) is 0 Å². The summed E-state index contributed by atoms with van der Waals surface area (Å²) >= 11 is 0. The molecule has 0 radical (unpaired) electrons.